The summed E-state index contributed by atoms with van der Waals surface area (Å²) in [6.45, 7) is 12.7. The highest BCUT2D eigenvalue weighted by Crippen LogP contribution is 2.32. The maximum absolute atomic E-state index is 14.5. The fraction of sp³-hybridized carbons (Fsp3) is 0.361. The molecule has 0 bridgehead atoms. The molecule has 0 radical (unpaired) electrons. The van der Waals surface area contributed by atoms with Crippen LogP contribution in [0.5, 0.6) is 5.75 Å². The minimum absolute atomic E-state index is 0.0612. The number of ether oxygens (including phenoxy) is 1. The number of nitrogens with one attached hydrogen (secondary N) is 2. The van der Waals surface area contributed by atoms with E-state index >= 15 is 0 Å². The van der Waals surface area contributed by atoms with E-state index in [1.165, 1.54) is 30.7 Å². The minimum atomic E-state index is -6.06. The van der Waals surface area contributed by atoms with Crippen molar-refractivity contribution in [2.24, 2.45) is 0 Å². The molecule has 53 heavy (non-hydrogen) atoms. The fourth-order valence-electron chi connectivity index (χ4n) is 4.63. The molecule has 17 heteroatoms. The summed E-state index contributed by atoms with van der Waals surface area (Å²) < 4.78 is 84.1. The Morgan fingerprint density at radius 2 is 1.45 bits per heavy atom. The van der Waals surface area contributed by atoms with Crippen molar-refractivity contribution in [1.29, 1.82) is 0 Å². The van der Waals surface area contributed by atoms with Gasteiger partial charge in [0.05, 0.1) is 4.88 Å². The molecule has 2 atom stereocenters. The van der Waals surface area contributed by atoms with Crippen LogP contribution < -0.4 is 14.8 Å². The molecule has 11 nitrogen and oxygen atoms in total. The summed E-state index contributed by atoms with van der Waals surface area (Å²) in [7, 11) is -6.06. The Bertz CT molecular complexity index is 2070. The van der Waals surface area contributed by atoms with Crippen LogP contribution in [0.3, 0.4) is 0 Å². The summed E-state index contributed by atoms with van der Waals surface area (Å²) in [5.41, 5.74) is -5.04. The predicted octanol–water partition coefficient (Wildman–Crippen LogP) is 6.72. The lowest BCUT2D eigenvalue weighted by Gasteiger charge is -2.24. The van der Waals surface area contributed by atoms with Gasteiger partial charge in [0.1, 0.15) is 17.7 Å². The number of carbonyl (C=O) groups is 3. The molecule has 4 rings (SSSR count). The molecular formula is C36H38F4N4O7S2. The van der Waals surface area contributed by atoms with Crippen LogP contribution in [0.15, 0.2) is 67.0 Å². The van der Waals surface area contributed by atoms with Gasteiger partial charge < -0.3 is 19.6 Å². The largest absolute Gasteiger partial charge is 0.534 e. The normalized spacial score (nSPS) is 13.5. The molecule has 4 aromatic rings. The summed E-state index contributed by atoms with van der Waals surface area (Å²) in [6, 6.07) is 11.0. The number of carbonyl (C=O) groups excluding carboxylic acids is 3. The van der Waals surface area contributed by atoms with E-state index in [4.69, 9.17) is 4.74 Å². The molecular weight excluding hydrogens is 741 g/mol. The van der Waals surface area contributed by atoms with Gasteiger partial charge in [0.25, 0.3) is 5.91 Å². The van der Waals surface area contributed by atoms with E-state index in [9.17, 15) is 40.4 Å². The first kappa shape index (κ1) is 40.9. The monoisotopic (exact) mass is 778 g/mol. The van der Waals surface area contributed by atoms with Crippen molar-refractivity contribution in [3.63, 3.8) is 0 Å². The highest BCUT2D eigenvalue weighted by atomic mass is 32.2. The quantitative estimate of drug-likeness (QED) is 0.0731. The molecule has 0 aliphatic rings. The summed E-state index contributed by atoms with van der Waals surface area (Å²) >= 11 is 1.32. The van der Waals surface area contributed by atoms with Crippen molar-refractivity contribution >= 4 is 39.2 Å². The average Bonchev–Trinajstić information content (AvgIpc) is 3.56. The Hall–Kier alpha value is -4.90. The second-order valence-corrected chi connectivity index (χ2v) is 16.7. The molecule has 2 aromatic carbocycles. The highest BCUT2D eigenvalue weighted by molar-refractivity contribution is 7.88. The second kappa shape index (κ2) is 15.6. The molecule has 0 spiro atoms. The van der Waals surface area contributed by atoms with Crippen molar-refractivity contribution in [2.45, 2.75) is 83.5 Å². The Morgan fingerprint density at radius 1 is 0.849 bits per heavy atom. The zero-order valence-electron chi connectivity index (χ0n) is 29.8. The lowest BCUT2D eigenvalue weighted by Crippen LogP contribution is -2.52. The Kier molecular flexibility index (Phi) is 12.0. The second-order valence-electron chi connectivity index (χ2n) is 14.0. The standard InChI is InChI=1S/C36H38F4N4O7S2/c1-20(33(47)50-35(5,6)7)43-31(45)26(44-32(46)28-14-15-29(52-28)34(2,3)4)16-21-8-10-22(11-9-21)30-41-18-24(19-42-30)23-12-13-27(25(37)17-23)51-53(48,49)36(38,39)40/h8-15,17-20,26H,16H2,1-7H3,(H,43,45)(H,44,46)/t20-,26+/m1/s1. The molecule has 0 saturated carbocycles. The van der Waals surface area contributed by atoms with Crippen LogP contribution in [0.1, 0.15) is 68.6 Å². The summed E-state index contributed by atoms with van der Waals surface area (Å²) in [5.74, 6) is -3.88. The van der Waals surface area contributed by atoms with Crippen LogP contribution in [0.4, 0.5) is 17.6 Å². The number of amides is 2. The number of aromatic nitrogens is 2. The minimum Gasteiger partial charge on any atom is -0.458 e. The van der Waals surface area contributed by atoms with Gasteiger partial charge in [-0.15, -0.1) is 11.3 Å². The Balaban J connectivity index is 1.50. The van der Waals surface area contributed by atoms with Gasteiger partial charge in [0.15, 0.2) is 17.4 Å². The van der Waals surface area contributed by atoms with Crippen molar-refractivity contribution in [1.82, 2.24) is 20.6 Å². The maximum Gasteiger partial charge on any atom is 0.534 e. The number of alkyl halides is 3. The zero-order chi connectivity index (χ0) is 39.5. The Labute approximate surface area is 308 Å². The van der Waals surface area contributed by atoms with Gasteiger partial charge in [-0.1, -0.05) is 51.1 Å². The number of hydrogen-bond acceptors (Lipinski definition) is 10. The van der Waals surface area contributed by atoms with Crippen LogP contribution in [-0.2, 0) is 36.3 Å². The number of hydrogen-bond donors (Lipinski definition) is 2. The number of benzene rings is 2. The van der Waals surface area contributed by atoms with E-state index < -0.39 is 62.7 Å². The fourth-order valence-corrected chi connectivity index (χ4v) is 6.06. The van der Waals surface area contributed by atoms with E-state index in [-0.39, 0.29) is 28.8 Å². The topological polar surface area (TPSA) is 154 Å². The van der Waals surface area contributed by atoms with Crippen molar-refractivity contribution in [3.8, 4) is 28.3 Å². The molecule has 0 aliphatic carbocycles. The van der Waals surface area contributed by atoms with Gasteiger partial charge in [-0.2, -0.15) is 21.6 Å². The third-order valence-electron chi connectivity index (χ3n) is 7.36. The first-order valence-electron chi connectivity index (χ1n) is 16.1. The van der Waals surface area contributed by atoms with Gasteiger partial charge in [0, 0.05) is 34.8 Å². The smallest absolute Gasteiger partial charge is 0.458 e. The maximum atomic E-state index is 14.5. The lowest BCUT2D eigenvalue weighted by molar-refractivity contribution is -0.158. The average molecular weight is 779 g/mol. The van der Waals surface area contributed by atoms with Crippen LogP contribution in [0.2, 0.25) is 0 Å². The number of halogens is 4. The zero-order valence-corrected chi connectivity index (χ0v) is 31.4. The molecule has 2 aromatic heterocycles. The van der Waals surface area contributed by atoms with E-state index in [1.54, 1.807) is 51.1 Å². The van der Waals surface area contributed by atoms with Crippen molar-refractivity contribution in [2.75, 3.05) is 0 Å². The Morgan fingerprint density at radius 3 is 1.98 bits per heavy atom. The van der Waals surface area contributed by atoms with Crippen molar-refractivity contribution < 1.29 is 49.3 Å². The van der Waals surface area contributed by atoms with E-state index in [1.807, 2.05) is 26.8 Å². The SMILES string of the molecule is C[C@@H](NC(=O)[C@H](Cc1ccc(-c2ncc(-c3ccc(OS(=O)(=O)C(F)(F)F)c(F)c3)cn2)cc1)NC(=O)c1ccc(C(C)(C)C)s1)C(=O)OC(C)(C)C. The van der Waals surface area contributed by atoms with E-state index in [0.29, 0.717) is 16.0 Å². The van der Waals surface area contributed by atoms with E-state index in [2.05, 4.69) is 24.8 Å². The highest BCUT2D eigenvalue weighted by Gasteiger charge is 2.49. The van der Waals surface area contributed by atoms with Crippen LogP contribution in [0.25, 0.3) is 22.5 Å². The summed E-state index contributed by atoms with van der Waals surface area (Å²) in [5, 5.41) is 5.44. The third-order valence-corrected chi connectivity index (χ3v) is 9.84. The number of nitrogens with zero attached hydrogens (tertiary/aromatic N) is 2. The van der Waals surface area contributed by atoms with Crippen molar-refractivity contribution in [3.05, 3.63) is 88.1 Å². The third kappa shape index (κ3) is 10.8. The molecule has 284 valence electrons. The van der Waals surface area contributed by atoms with Gasteiger partial charge >= 0.3 is 21.6 Å². The van der Waals surface area contributed by atoms with E-state index in [0.717, 1.165) is 23.1 Å². The number of esters is 1. The molecule has 0 unspecified atom stereocenters. The van der Waals surface area contributed by atoms with Crippen LogP contribution in [-0.4, -0.2) is 59.4 Å². The molecule has 0 fully saturated rings. The summed E-state index contributed by atoms with van der Waals surface area (Å²) in [6.07, 6.45) is 2.75. The molecule has 2 amide bonds. The molecule has 0 saturated heterocycles. The molecule has 0 aliphatic heterocycles. The van der Waals surface area contributed by atoms with Gasteiger partial charge in [-0.05, 0) is 68.5 Å². The number of rotatable bonds is 11. The predicted molar refractivity (Wildman–Crippen MR) is 190 cm³/mol. The van der Waals surface area contributed by atoms with Gasteiger partial charge in [0.2, 0.25) is 5.91 Å². The number of thiophene rings is 1. The summed E-state index contributed by atoms with van der Waals surface area (Å²) in [4.78, 5) is 49.4. The first-order chi connectivity index (χ1) is 24.4. The lowest BCUT2D eigenvalue weighted by atomic mass is 9.95. The first-order valence-corrected chi connectivity index (χ1v) is 18.3. The molecule has 2 heterocycles. The van der Waals surface area contributed by atoms with Crippen LogP contribution >= 0.6 is 11.3 Å². The van der Waals surface area contributed by atoms with Crippen LogP contribution in [0, 0.1) is 5.82 Å². The van der Waals surface area contributed by atoms with Gasteiger partial charge in [-0.3, -0.25) is 9.59 Å². The molecule has 2 N–H and O–H groups in total. The van der Waals surface area contributed by atoms with Gasteiger partial charge in [-0.25, -0.2) is 19.2 Å².